The number of thioether (sulfide) groups is 1. The Hall–Kier alpha value is -1.14. The summed E-state index contributed by atoms with van der Waals surface area (Å²) < 4.78 is 5.83. The molecule has 1 aromatic rings. The van der Waals surface area contributed by atoms with E-state index in [-0.39, 0.29) is 0 Å². The Morgan fingerprint density at radius 2 is 2.05 bits per heavy atom. The van der Waals surface area contributed by atoms with Crippen molar-refractivity contribution in [2.45, 2.75) is 52.4 Å². The number of ether oxygens (including phenoxy) is 1. The lowest BCUT2D eigenvalue weighted by Crippen LogP contribution is -2.03. The highest BCUT2D eigenvalue weighted by atomic mass is 32.2. The van der Waals surface area contributed by atoms with E-state index in [1.165, 1.54) is 22.9 Å². The summed E-state index contributed by atoms with van der Waals surface area (Å²) in [5.74, 6) is 2.85. The summed E-state index contributed by atoms with van der Waals surface area (Å²) in [7, 11) is 0. The molecule has 0 aliphatic rings. The highest BCUT2D eigenvalue weighted by Crippen LogP contribution is 2.31. The molecule has 0 fully saturated rings. The van der Waals surface area contributed by atoms with Crippen molar-refractivity contribution < 1.29 is 4.74 Å². The first-order valence-electron chi connectivity index (χ1n) is 7.37. The molecule has 0 aliphatic carbocycles. The van der Waals surface area contributed by atoms with Gasteiger partial charge in [0.05, 0.1) is 6.61 Å². The van der Waals surface area contributed by atoms with Crippen molar-refractivity contribution in [3.05, 3.63) is 29.3 Å². The number of hydrogen-bond acceptors (Lipinski definition) is 3. The van der Waals surface area contributed by atoms with Gasteiger partial charge in [-0.3, -0.25) is 0 Å². The van der Waals surface area contributed by atoms with Gasteiger partial charge in [-0.25, -0.2) is 0 Å². The fourth-order valence-electron chi connectivity index (χ4n) is 2.12. The van der Waals surface area contributed by atoms with Gasteiger partial charge in [-0.2, -0.15) is 5.26 Å². The molecule has 1 rings (SSSR count). The lowest BCUT2D eigenvalue weighted by molar-refractivity contribution is 0.313. The molecule has 20 heavy (non-hydrogen) atoms. The Morgan fingerprint density at radius 1 is 1.30 bits per heavy atom. The summed E-state index contributed by atoms with van der Waals surface area (Å²) in [4.78, 5) is 0. The fraction of sp³-hybridized carbons (Fsp3) is 0.588. The normalized spacial score (nSPS) is 12.2. The Bertz CT molecular complexity index is 451. The maximum absolute atomic E-state index is 8.58. The zero-order valence-electron chi connectivity index (χ0n) is 13.0. The van der Waals surface area contributed by atoms with Crippen LogP contribution in [-0.2, 0) is 0 Å². The third kappa shape index (κ3) is 5.09. The van der Waals surface area contributed by atoms with E-state index in [2.05, 4.69) is 51.3 Å². The molecular formula is C17H25NOS. The Balaban J connectivity index is 2.83. The van der Waals surface area contributed by atoms with Crippen molar-refractivity contribution in [3.63, 3.8) is 0 Å². The minimum absolute atomic E-state index is 0.461. The summed E-state index contributed by atoms with van der Waals surface area (Å²) >= 11 is 1.34. The molecule has 0 bridgehead atoms. The van der Waals surface area contributed by atoms with E-state index in [4.69, 9.17) is 10.00 Å². The first-order chi connectivity index (χ1) is 9.60. The second-order valence-electron chi connectivity index (χ2n) is 5.43. The third-order valence-electron chi connectivity index (χ3n) is 3.40. The zero-order valence-corrected chi connectivity index (χ0v) is 13.8. The van der Waals surface area contributed by atoms with E-state index >= 15 is 0 Å². The third-order valence-corrected chi connectivity index (χ3v) is 3.97. The molecule has 0 N–H and O–H groups in total. The van der Waals surface area contributed by atoms with Crippen molar-refractivity contribution in [2.24, 2.45) is 0 Å². The molecule has 1 unspecified atom stereocenters. The molecule has 2 nitrogen and oxygen atoms in total. The fourth-order valence-corrected chi connectivity index (χ4v) is 2.68. The molecule has 0 amide bonds. The highest BCUT2D eigenvalue weighted by molar-refractivity contribution is 8.03. The molecule has 0 radical (unpaired) electrons. The van der Waals surface area contributed by atoms with Gasteiger partial charge < -0.3 is 4.74 Å². The maximum Gasteiger partial charge on any atom is 0.133 e. The molecule has 3 heteroatoms. The van der Waals surface area contributed by atoms with Gasteiger partial charge in [-0.05, 0) is 53.6 Å². The number of hydrogen-bond donors (Lipinski definition) is 0. The molecule has 0 saturated carbocycles. The van der Waals surface area contributed by atoms with Gasteiger partial charge in [0.2, 0.25) is 0 Å². The van der Waals surface area contributed by atoms with Gasteiger partial charge in [0.15, 0.2) is 0 Å². The Morgan fingerprint density at radius 3 is 2.65 bits per heavy atom. The molecule has 0 heterocycles. The molecule has 1 aromatic carbocycles. The van der Waals surface area contributed by atoms with E-state index in [9.17, 15) is 0 Å². The van der Waals surface area contributed by atoms with Crippen LogP contribution in [0.15, 0.2) is 18.2 Å². The largest absolute Gasteiger partial charge is 0.493 e. The average molecular weight is 291 g/mol. The molecule has 1 atom stereocenters. The van der Waals surface area contributed by atoms with E-state index in [0.29, 0.717) is 11.8 Å². The van der Waals surface area contributed by atoms with E-state index in [0.717, 1.165) is 31.0 Å². The van der Waals surface area contributed by atoms with Gasteiger partial charge in [-0.1, -0.05) is 39.8 Å². The standard InChI is InChI=1S/C17H25NOS/c1-5-9-19-17-7-6-15(11-16(17)13(2)3)14(4)8-10-20-12-18/h6-7,11,13-14H,5,8-10H2,1-4H3. The summed E-state index contributed by atoms with van der Waals surface area (Å²) in [6.45, 7) is 9.53. The lowest BCUT2D eigenvalue weighted by Gasteiger charge is -2.18. The summed E-state index contributed by atoms with van der Waals surface area (Å²) in [5, 5.41) is 10.7. The van der Waals surface area contributed by atoms with Crippen LogP contribution in [0.1, 0.15) is 63.5 Å². The van der Waals surface area contributed by atoms with Crippen molar-refractivity contribution in [3.8, 4) is 11.2 Å². The molecule has 0 aromatic heterocycles. The predicted octanol–water partition coefficient (Wildman–Crippen LogP) is 5.31. The van der Waals surface area contributed by atoms with Crippen LogP contribution in [0.2, 0.25) is 0 Å². The molecular weight excluding hydrogens is 266 g/mol. The van der Waals surface area contributed by atoms with E-state index in [1.807, 2.05) is 0 Å². The van der Waals surface area contributed by atoms with Crippen LogP contribution in [0.4, 0.5) is 0 Å². The molecule has 110 valence electrons. The van der Waals surface area contributed by atoms with E-state index < -0.39 is 0 Å². The van der Waals surface area contributed by atoms with Crippen LogP contribution >= 0.6 is 11.8 Å². The zero-order chi connectivity index (χ0) is 15.0. The minimum atomic E-state index is 0.461. The van der Waals surface area contributed by atoms with Gasteiger partial charge in [-0.15, -0.1) is 0 Å². The summed E-state index contributed by atoms with van der Waals surface area (Å²) in [6, 6.07) is 6.55. The predicted molar refractivity (Wildman–Crippen MR) is 87.4 cm³/mol. The Labute approximate surface area is 127 Å². The first-order valence-corrected chi connectivity index (χ1v) is 8.36. The van der Waals surface area contributed by atoms with Crippen LogP contribution in [0.25, 0.3) is 0 Å². The van der Waals surface area contributed by atoms with Crippen LogP contribution in [0.3, 0.4) is 0 Å². The molecule has 0 spiro atoms. The first kappa shape index (κ1) is 16.9. The minimum Gasteiger partial charge on any atom is -0.493 e. The van der Waals surface area contributed by atoms with Crippen LogP contribution in [-0.4, -0.2) is 12.4 Å². The molecule has 0 saturated heterocycles. The smallest absolute Gasteiger partial charge is 0.133 e. The van der Waals surface area contributed by atoms with Gasteiger partial charge in [0.25, 0.3) is 0 Å². The van der Waals surface area contributed by atoms with Crippen LogP contribution in [0, 0.1) is 10.7 Å². The van der Waals surface area contributed by atoms with Crippen LogP contribution < -0.4 is 4.74 Å². The topological polar surface area (TPSA) is 33.0 Å². The van der Waals surface area contributed by atoms with Crippen molar-refractivity contribution in [1.29, 1.82) is 5.26 Å². The van der Waals surface area contributed by atoms with E-state index in [1.54, 1.807) is 0 Å². The Kier molecular flexibility index (Phi) is 7.54. The summed E-state index contributed by atoms with van der Waals surface area (Å²) in [5.41, 5.74) is 2.63. The van der Waals surface area contributed by atoms with Crippen molar-refractivity contribution in [2.75, 3.05) is 12.4 Å². The monoisotopic (exact) mass is 291 g/mol. The highest BCUT2D eigenvalue weighted by Gasteiger charge is 2.12. The summed E-state index contributed by atoms with van der Waals surface area (Å²) in [6.07, 6.45) is 2.06. The number of rotatable bonds is 8. The van der Waals surface area contributed by atoms with Crippen molar-refractivity contribution in [1.82, 2.24) is 0 Å². The maximum atomic E-state index is 8.58. The van der Waals surface area contributed by atoms with Crippen molar-refractivity contribution >= 4 is 11.8 Å². The quantitative estimate of drug-likeness (QED) is 0.481. The van der Waals surface area contributed by atoms with Gasteiger partial charge in [0.1, 0.15) is 11.2 Å². The number of benzene rings is 1. The second kappa shape index (κ2) is 8.92. The number of nitrogens with zero attached hydrogens (tertiary/aromatic N) is 1. The van der Waals surface area contributed by atoms with Gasteiger partial charge in [0, 0.05) is 5.75 Å². The second-order valence-corrected chi connectivity index (χ2v) is 6.31. The average Bonchev–Trinajstić information content (AvgIpc) is 2.45. The number of thiocyanates is 1. The van der Waals surface area contributed by atoms with Gasteiger partial charge >= 0.3 is 0 Å². The molecule has 0 aliphatic heterocycles. The lowest BCUT2D eigenvalue weighted by atomic mass is 9.93. The number of nitriles is 1. The SMILES string of the molecule is CCCOc1ccc(C(C)CCSC#N)cc1C(C)C. The van der Waals surface area contributed by atoms with Crippen LogP contribution in [0.5, 0.6) is 5.75 Å².